The maximum absolute atomic E-state index is 3.82. The largest absolute Gasteiger partial charge is 0.310 e. The minimum atomic E-state index is 1.07. The second kappa shape index (κ2) is 10.5. The lowest BCUT2D eigenvalue weighted by Crippen LogP contribution is -2.11. The number of fused-ring (bicyclic) bond motifs is 3. The number of hydrogen-bond donors (Lipinski definition) is 0. The van der Waals surface area contributed by atoms with Crippen LogP contribution in [0.2, 0.25) is 0 Å². The molecule has 0 aliphatic heterocycles. The van der Waals surface area contributed by atoms with E-state index in [1.54, 1.807) is 0 Å². The predicted molar refractivity (Wildman–Crippen MR) is 175 cm³/mol. The predicted octanol–water partition coefficient (Wildman–Crippen LogP) is 11.6. The van der Waals surface area contributed by atoms with Crippen molar-refractivity contribution >= 4 is 54.5 Å². The Morgan fingerprint density at radius 3 is 1.68 bits per heavy atom. The molecule has 0 saturated heterocycles. The van der Waals surface area contributed by atoms with Gasteiger partial charge in [-0.15, -0.1) is 0 Å². The lowest BCUT2D eigenvalue weighted by Gasteiger charge is -2.28. The number of halogens is 1. The van der Waals surface area contributed by atoms with Crippen LogP contribution in [0.5, 0.6) is 0 Å². The van der Waals surface area contributed by atoms with Crippen LogP contribution in [-0.2, 0) is 0 Å². The highest BCUT2D eigenvalue weighted by Crippen LogP contribution is 2.44. The molecule has 2 heteroatoms. The summed E-state index contributed by atoms with van der Waals surface area (Å²) in [6, 6.07) is 56.4. The molecule has 0 radical (unpaired) electrons. The number of rotatable bonds is 5. The monoisotopic (exact) mass is 575 g/mol. The molecule has 0 atom stereocenters. The van der Waals surface area contributed by atoms with Gasteiger partial charge >= 0.3 is 0 Å². The Labute approximate surface area is 243 Å². The van der Waals surface area contributed by atoms with Crippen LogP contribution in [-0.4, -0.2) is 0 Å². The van der Waals surface area contributed by atoms with Crippen LogP contribution in [0.1, 0.15) is 0 Å². The molecule has 7 aromatic carbocycles. The minimum absolute atomic E-state index is 1.07. The summed E-state index contributed by atoms with van der Waals surface area (Å²) >= 11 is 3.82. The molecule has 0 bridgehead atoms. The molecule has 7 rings (SSSR count). The third-order valence-corrected chi connectivity index (χ3v) is 8.20. The molecule has 0 saturated carbocycles. The molecule has 0 amide bonds. The first-order chi connectivity index (χ1) is 19.8. The molecule has 0 aromatic heterocycles. The molecule has 0 unspecified atom stereocenters. The third-order valence-electron chi connectivity index (χ3n) is 7.51. The molecule has 0 N–H and O–H groups in total. The van der Waals surface area contributed by atoms with Gasteiger partial charge in [0.15, 0.2) is 0 Å². The van der Waals surface area contributed by atoms with Crippen LogP contribution in [0, 0.1) is 0 Å². The van der Waals surface area contributed by atoms with Gasteiger partial charge in [-0.3, -0.25) is 0 Å². The number of benzene rings is 7. The third kappa shape index (κ3) is 4.47. The quantitative estimate of drug-likeness (QED) is 0.184. The zero-order chi connectivity index (χ0) is 26.9. The van der Waals surface area contributed by atoms with E-state index in [4.69, 9.17) is 0 Å². The highest BCUT2D eigenvalue weighted by Gasteiger charge is 2.19. The van der Waals surface area contributed by atoms with Crippen LogP contribution in [0.25, 0.3) is 43.8 Å². The molecule has 1 nitrogen and oxygen atoms in total. The van der Waals surface area contributed by atoms with Gasteiger partial charge < -0.3 is 4.90 Å². The van der Waals surface area contributed by atoms with Crippen LogP contribution in [0.15, 0.2) is 162 Å². The van der Waals surface area contributed by atoms with Crippen molar-refractivity contribution in [3.05, 3.63) is 162 Å². The first kappa shape index (κ1) is 24.4. The summed E-state index contributed by atoms with van der Waals surface area (Å²) in [5.41, 5.74) is 8.13. The Kier molecular flexibility index (Phi) is 6.39. The van der Waals surface area contributed by atoms with Gasteiger partial charge in [0.05, 0.1) is 5.69 Å². The van der Waals surface area contributed by atoms with Crippen LogP contribution >= 0.6 is 15.9 Å². The number of nitrogens with zero attached hydrogens (tertiary/aromatic N) is 1. The summed E-state index contributed by atoms with van der Waals surface area (Å²) in [4.78, 5) is 2.39. The molecular weight excluding hydrogens is 550 g/mol. The maximum Gasteiger partial charge on any atom is 0.0546 e. The van der Waals surface area contributed by atoms with E-state index in [2.05, 4.69) is 179 Å². The SMILES string of the molecule is Brc1ccc(N(c2ccc(-c3ccccc3)cc2)c2cc3ccccc3c3ccccc23)cc1-c1ccccc1. The Morgan fingerprint density at radius 1 is 0.400 bits per heavy atom. The Balaban J connectivity index is 1.47. The minimum Gasteiger partial charge on any atom is -0.310 e. The van der Waals surface area contributed by atoms with Gasteiger partial charge in [0, 0.05) is 21.2 Å². The summed E-state index contributed by atoms with van der Waals surface area (Å²) in [6.45, 7) is 0. The number of anilines is 3. The normalized spacial score (nSPS) is 11.1. The summed E-state index contributed by atoms with van der Waals surface area (Å²) in [7, 11) is 0. The summed E-state index contributed by atoms with van der Waals surface area (Å²) < 4.78 is 1.07. The molecule has 0 aliphatic carbocycles. The Hall–Kier alpha value is -4.66. The highest BCUT2D eigenvalue weighted by atomic mass is 79.9. The van der Waals surface area contributed by atoms with Gasteiger partial charge in [-0.05, 0) is 74.8 Å². The molecule has 7 aromatic rings. The standard InChI is InChI=1S/C38H26BrN/c39-37-24-23-32(26-36(37)29-13-5-2-6-14-29)40(31-21-19-28(20-22-31)27-11-3-1-4-12-27)38-25-30-15-7-8-16-33(30)34-17-9-10-18-35(34)38/h1-26H. The smallest absolute Gasteiger partial charge is 0.0546 e. The van der Waals surface area contributed by atoms with E-state index in [0.29, 0.717) is 0 Å². The van der Waals surface area contributed by atoms with Crippen molar-refractivity contribution in [3.63, 3.8) is 0 Å². The first-order valence-electron chi connectivity index (χ1n) is 13.5. The molecule has 190 valence electrons. The van der Waals surface area contributed by atoms with Crippen molar-refractivity contribution in [2.24, 2.45) is 0 Å². The van der Waals surface area contributed by atoms with Crippen molar-refractivity contribution in [1.82, 2.24) is 0 Å². The second-order valence-electron chi connectivity index (χ2n) is 9.94. The van der Waals surface area contributed by atoms with Crippen molar-refractivity contribution in [2.45, 2.75) is 0 Å². The van der Waals surface area contributed by atoms with E-state index in [1.807, 2.05) is 0 Å². The van der Waals surface area contributed by atoms with Gasteiger partial charge in [0.1, 0.15) is 0 Å². The van der Waals surface area contributed by atoms with Crippen LogP contribution in [0.3, 0.4) is 0 Å². The fraction of sp³-hybridized carbons (Fsp3) is 0. The zero-order valence-electron chi connectivity index (χ0n) is 21.8. The van der Waals surface area contributed by atoms with Crippen LogP contribution < -0.4 is 4.90 Å². The lowest BCUT2D eigenvalue weighted by atomic mass is 9.98. The molecule has 0 heterocycles. The van der Waals surface area contributed by atoms with Crippen molar-refractivity contribution in [1.29, 1.82) is 0 Å². The van der Waals surface area contributed by atoms with Gasteiger partial charge in [0.2, 0.25) is 0 Å². The average Bonchev–Trinajstić information content (AvgIpc) is 3.03. The summed E-state index contributed by atoms with van der Waals surface area (Å²) in [6.07, 6.45) is 0. The van der Waals surface area contributed by atoms with E-state index in [-0.39, 0.29) is 0 Å². The molecular formula is C38H26BrN. The number of hydrogen-bond acceptors (Lipinski definition) is 1. The molecule has 40 heavy (non-hydrogen) atoms. The Bertz CT molecular complexity index is 1940. The van der Waals surface area contributed by atoms with Gasteiger partial charge in [-0.25, -0.2) is 0 Å². The maximum atomic E-state index is 3.82. The average molecular weight is 577 g/mol. The topological polar surface area (TPSA) is 3.24 Å². The van der Waals surface area contributed by atoms with Gasteiger partial charge in [0.25, 0.3) is 0 Å². The first-order valence-corrected chi connectivity index (χ1v) is 14.3. The van der Waals surface area contributed by atoms with E-state index in [1.165, 1.54) is 38.2 Å². The van der Waals surface area contributed by atoms with Crippen molar-refractivity contribution in [2.75, 3.05) is 4.90 Å². The Morgan fingerprint density at radius 2 is 0.950 bits per heavy atom. The zero-order valence-corrected chi connectivity index (χ0v) is 23.4. The van der Waals surface area contributed by atoms with E-state index in [0.717, 1.165) is 27.1 Å². The van der Waals surface area contributed by atoms with E-state index >= 15 is 0 Å². The van der Waals surface area contributed by atoms with Crippen molar-refractivity contribution in [3.8, 4) is 22.3 Å². The molecule has 0 aliphatic rings. The lowest BCUT2D eigenvalue weighted by molar-refractivity contribution is 1.30. The van der Waals surface area contributed by atoms with Gasteiger partial charge in [-0.1, -0.05) is 137 Å². The van der Waals surface area contributed by atoms with E-state index in [9.17, 15) is 0 Å². The van der Waals surface area contributed by atoms with Crippen molar-refractivity contribution < 1.29 is 0 Å². The fourth-order valence-electron chi connectivity index (χ4n) is 5.57. The summed E-state index contributed by atoms with van der Waals surface area (Å²) in [5.74, 6) is 0. The molecule has 0 spiro atoms. The van der Waals surface area contributed by atoms with Crippen LogP contribution in [0.4, 0.5) is 17.1 Å². The van der Waals surface area contributed by atoms with Gasteiger partial charge in [-0.2, -0.15) is 0 Å². The highest BCUT2D eigenvalue weighted by molar-refractivity contribution is 9.10. The molecule has 0 fully saturated rings. The summed E-state index contributed by atoms with van der Waals surface area (Å²) in [5, 5.41) is 4.96. The fourth-order valence-corrected chi connectivity index (χ4v) is 6.05. The second-order valence-corrected chi connectivity index (χ2v) is 10.8. The van der Waals surface area contributed by atoms with E-state index < -0.39 is 0 Å².